The van der Waals surface area contributed by atoms with Gasteiger partial charge in [0.25, 0.3) is 0 Å². The number of benzene rings is 3. The van der Waals surface area contributed by atoms with Gasteiger partial charge in [-0.25, -0.2) is 0 Å². The predicted molar refractivity (Wildman–Crippen MR) is 113 cm³/mol. The zero-order valence-corrected chi connectivity index (χ0v) is 16.4. The maximum absolute atomic E-state index is 6.12. The Morgan fingerprint density at radius 2 is 1.57 bits per heavy atom. The number of piperidine rings is 1. The molecule has 0 spiro atoms. The van der Waals surface area contributed by atoms with Crippen LogP contribution in [0.3, 0.4) is 0 Å². The second kappa shape index (κ2) is 8.98. The molecule has 4 heteroatoms. The molecule has 1 aliphatic rings. The first-order valence-corrected chi connectivity index (χ1v) is 10.0. The molecule has 0 unspecified atom stereocenters. The van der Waals surface area contributed by atoms with Crippen LogP contribution in [0.1, 0.15) is 19.3 Å². The molecule has 3 aromatic rings. The van der Waals surface area contributed by atoms with Crippen LogP contribution in [0.5, 0.6) is 23.0 Å². The Balaban J connectivity index is 1.37. The minimum atomic E-state index is 0.728. The van der Waals surface area contributed by atoms with E-state index in [4.69, 9.17) is 14.2 Å². The van der Waals surface area contributed by atoms with Crippen molar-refractivity contribution in [3.05, 3.63) is 60.7 Å². The van der Waals surface area contributed by atoms with Crippen LogP contribution in [0.15, 0.2) is 60.7 Å². The van der Waals surface area contributed by atoms with Crippen LogP contribution < -0.4 is 14.2 Å². The van der Waals surface area contributed by atoms with Gasteiger partial charge in [0.15, 0.2) is 0 Å². The zero-order valence-electron chi connectivity index (χ0n) is 16.4. The lowest BCUT2D eigenvalue weighted by atomic mass is 10.1. The van der Waals surface area contributed by atoms with Crippen LogP contribution in [0, 0.1) is 0 Å². The van der Waals surface area contributed by atoms with Crippen LogP contribution in [-0.4, -0.2) is 38.3 Å². The molecule has 0 bridgehead atoms. The fourth-order valence-corrected chi connectivity index (χ4v) is 3.65. The van der Waals surface area contributed by atoms with E-state index in [1.807, 2.05) is 54.6 Å². The highest BCUT2D eigenvalue weighted by Gasteiger charge is 2.09. The minimum absolute atomic E-state index is 0.728. The maximum Gasteiger partial charge on any atom is 0.135 e. The van der Waals surface area contributed by atoms with Crippen molar-refractivity contribution in [2.45, 2.75) is 19.3 Å². The Morgan fingerprint density at radius 1 is 0.821 bits per heavy atom. The highest BCUT2D eigenvalue weighted by Crippen LogP contribution is 2.32. The molecule has 0 aromatic heterocycles. The van der Waals surface area contributed by atoms with E-state index in [9.17, 15) is 0 Å². The summed E-state index contributed by atoms with van der Waals surface area (Å²) >= 11 is 0. The van der Waals surface area contributed by atoms with Gasteiger partial charge in [-0.05, 0) is 79.8 Å². The van der Waals surface area contributed by atoms with Crippen molar-refractivity contribution in [2.24, 2.45) is 0 Å². The molecule has 1 aliphatic heterocycles. The Bertz CT molecular complexity index is 901. The molecule has 0 aliphatic carbocycles. The molecule has 1 fully saturated rings. The molecule has 0 atom stereocenters. The highest BCUT2D eigenvalue weighted by atomic mass is 16.5. The molecule has 4 nitrogen and oxygen atoms in total. The van der Waals surface area contributed by atoms with E-state index >= 15 is 0 Å². The van der Waals surface area contributed by atoms with Gasteiger partial charge in [0, 0.05) is 11.9 Å². The van der Waals surface area contributed by atoms with Gasteiger partial charge in [-0.1, -0.05) is 18.6 Å². The van der Waals surface area contributed by atoms with Gasteiger partial charge in [0.2, 0.25) is 0 Å². The number of hydrogen-bond donors (Lipinski definition) is 0. The van der Waals surface area contributed by atoms with Gasteiger partial charge in [0.1, 0.15) is 29.6 Å². The van der Waals surface area contributed by atoms with Gasteiger partial charge in [-0.2, -0.15) is 0 Å². The first-order valence-electron chi connectivity index (χ1n) is 10.0. The molecule has 1 saturated heterocycles. The summed E-state index contributed by atoms with van der Waals surface area (Å²) in [7, 11) is 1.68. The van der Waals surface area contributed by atoms with Gasteiger partial charge in [-0.3, -0.25) is 4.90 Å². The van der Waals surface area contributed by atoms with E-state index in [0.29, 0.717) is 0 Å². The normalized spacial score (nSPS) is 14.8. The Kier molecular flexibility index (Phi) is 5.98. The maximum atomic E-state index is 6.12. The Labute approximate surface area is 166 Å². The predicted octanol–water partition coefficient (Wildman–Crippen LogP) is 5.51. The summed E-state index contributed by atoms with van der Waals surface area (Å²) in [6.45, 7) is 4.13. The molecule has 0 amide bonds. The van der Waals surface area contributed by atoms with Crippen molar-refractivity contribution >= 4 is 10.8 Å². The zero-order chi connectivity index (χ0) is 19.2. The Hall–Kier alpha value is -2.72. The van der Waals surface area contributed by atoms with Gasteiger partial charge in [-0.15, -0.1) is 0 Å². The van der Waals surface area contributed by atoms with Crippen LogP contribution in [0.2, 0.25) is 0 Å². The Morgan fingerprint density at radius 3 is 2.36 bits per heavy atom. The van der Waals surface area contributed by atoms with E-state index < -0.39 is 0 Å². The monoisotopic (exact) mass is 377 g/mol. The quantitative estimate of drug-likeness (QED) is 0.544. The van der Waals surface area contributed by atoms with E-state index in [-0.39, 0.29) is 0 Å². The van der Waals surface area contributed by atoms with E-state index in [1.165, 1.54) is 32.4 Å². The summed E-state index contributed by atoms with van der Waals surface area (Å²) in [6, 6.07) is 19.9. The van der Waals surface area contributed by atoms with E-state index in [1.54, 1.807) is 7.11 Å². The average molecular weight is 377 g/mol. The van der Waals surface area contributed by atoms with Crippen molar-refractivity contribution in [3.63, 3.8) is 0 Å². The second-order valence-electron chi connectivity index (χ2n) is 7.17. The second-order valence-corrected chi connectivity index (χ2v) is 7.17. The lowest BCUT2D eigenvalue weighted by Crippen LogP contribution is -2.33. The highest BCUT2D eigenvalue weighted by molar-refractivity contribution is 5.89. The number of methoxy groups -OCH3 is 1. The molecule has 0 N–H and O–H groups in total. The number of ether oxygens (including phenoxy) is 3. The van der Waals surface area contributed by atoms with Crippen LogP contribution in [-0.2, 0) is 0 Å². The number of nitrogens with zero attached hydrogens (tertiary/aromatic N) is 1. The fourth-order valence-electron chi connectivity index (χ4n) is 3.65. The number of likely N-dealkylation sites (tertiary alicyclic amines) is 1. The molecule has 146 valence electrons. The molecular formula is C24H27NO3. The molecule has 1 heterocycles. The topological polar surface area (TPSA) is 30.9 Å². The van der Waals surface area contributed by atoms with Crippen LogP contribution >= 0.6 is 0 Å². The molecule has 3 aromatic carbocycles. The van der Waals surface area contributed by atoms with Crippen molar-refractivity contribution < 1.29 is 14.2 Å². The average Bonchev–Trinajstić information content (AvgIpc) is 2.75. The summed E-state index contributed by atoms with van der Waals surface area (Å²) in [6.07, 6.45) is 3.99. The summed E-state index contributed by atoms with van der Waals surface area (Å²) in [4.78, 5) is 2.48. The molecule has 28 heavy (non-hydrogen) atoms. The standard InChI is InChI=1S/C24H27NO3/c1-26-22-12-13-23-19(18-22)6-5-7-24(23)28-21-10-8-20(9-11-21)27-17-16-25-14-3-2-4-15-25/h5-13,18H,2-4,14-17H2,1H3. The molecule has 4 rings (SSSR count). The van der Waals surface area contributed by atoms with E-state index in [0.717, 1.165) is 46.9 Å². The minimum Gasteiger partial charge on any atom is -0.497 e. The number of hydrogen-bond acceptors (Lipinski definition) is 4. The van der Waals surface area contributed by atoms with Crippen molar-refractivity contribution in [2.75, 3.05) is 33.4 Å². The van der Waals surface area contributed by atoms with Gasteiger partial charge in [0.05, 0.1) is 7.11 Å². The van der Waals surface area contributed by atoms with Crippen molar-refractivity contribution in [3.8, 4) is 23.0 Å². The summed E-state index contributed by atoms with van der Waals surface area (Å²) in [5.41, 5.74) is 0. The van der Waals surface area contributed by atoms with Crippen molar-refractivity contribution in [1.82, 2.24) is 4.90 Å². The third-order valence-electron chi connectivity index (χ3n) is 5.22. The number of fused-ring (bicyclic) bond motifs is 1. The van der Waals surface area contributed by atoms with Crippen molar-refractivity contribution in [1.29, 1.82) is 0 Å². The fraction of sp³-hybridized carbons (Fsp3) is 0.333. The van der Waals surface area contributed by atoms with Gasteiger partial charge >= 0.3 is 0 Å². The summed E-state index contributed by atoms with van der Waals surface area (Å²) in [5, 5.41) is 2.15. The smallest absolute Gasteiger partial charge is 0.135 e. The summed E-state index contributed by atoms with van der Waals surface area (Å²) < 4.78 is 17.3. The molecule has 0 saturated carbocycles. The van der Waals surface area contributed by atoms with E-state index in [2.05, 4.69) is 11.0 Å². The molecular weight excluding hydrogens is 350 g/mol. The van der Waals surface area contributed by atoms with Crippen LogP contribution in [0.25, 0.3) is 10.8 Å². The number of rotatable bonds is 7. The lowest BCUT2D eigenvalue weighted by molar-refractivity contribution is 0.183. The SMILES string of the molecule is COc1ccc2c(Oc3ccc(OCCN4CCCCC4)cc3)cccc2c1. The first-order chi connectivity index (χ1) is 13.8. The third kappa shape index (κ3) is 4.57. The lowest BCUT2D eigenvalue weighted by Gasteiger charge is -2.26. The van der Waals surface area contributed by atoms with Gasteiger partial charge < -0.3 is 14.2 Å². The summed E-state index contributed by atoms with van der Waals surface area (Å²) in [5.74, 6) is 3.35. The molecule has 0 radical (unpaired) electrons. The first kappa shape index (κ1) is 18.6. The third-order valence-corrected chi connectivity index (χ3v) is 5.22. The van der Waals surface area contributed by atoms with Crippen LogP contribution in [0.4, 0.5) is 0 Å². The largest absolute Gasteiger partial charge is 0.497 e.